The number of aliphatic hydroxyl groups excluding tert-OH is 1. The first-order valence-electron chi connectivity index (χ1n) is 6.02. The monoisotopic (exact) mass is 184 g/mol. The smallest absolute Gasteiger partial charge is 0.0568 e. The zero-order valence-electron chi connectivity index (χ0n) is 8.97. The van der Waals surface area contributed by atoms with Gasteiger partial charge in [0.15, 0.2) is 0 Å². The van der Waals surface area contributed by atoms with Gasteiger partial charge in [-0.15, -0.1) is 0 Å². The van der Waals surface area contributed by atoms with Crippen molar-refractivity contribution < 1.29 is 5.11 Å². The molecule has 78 valence electrons. The van der Waals surface area contributed by atoms with Gasteiger partial charge < -0.3 is 5.11 Å². The summed E-state index contributed by atoms with van der Waals surface area (Å²) in [5, 5.41) is 9.89. The van der Waals surface area contributed by atoms with Crippen molar-refractivity contribution in [2.45, 2.75) is 70.8 Å². The van der Waals surface area contributed by atoms with Gasteiger partial charge in [-0.3, -0.25) is 0 Å². The number of aliphatic hydroxyl groups is 1. The lowest BCUT2D eigenvalue weighted by Gasteiger charge is -2.22. The van der Waals surface area contributed by atoms with Crippen molar-refractivity contribution in [3.8, 4) is 0 Å². The molecule has 0 unspecified atom stereocenters. The second kappa shape index (κ2) is 6.42. The quantitative estimate of drug-likeness (QED) is 0.661. The molecule has 0 heterocycles. The molecule has 1 nitrogen and oxygen atoms in total. The van der Waals surface area contributed by atoms with Crippen molar-refractivity contribution in [3.63, 3.8) is 0 Å². The zero-order chi connectivity index (χ0) is 9.52. The van der Waals surface area contributed by atoms with Crippen molar-refractivity contribution >= 4 is 0 Å². The van der Waals surface area contributed by atoms with Crippen LogP contribution in [0.3, 0.4) is 0 Å². The van der Waals surface area contributed by atoms with E-state index in [0.717, 1.165) is 12.8 Å². The van der Waals surface area contributed by atoms with E-state index in [0.29, 0.717) is 5.92 Å². The van der Waals surface area contributed by atoms with E-state index in [1.54, 1.807) is 0 Å². The molecule has 1 N–H and O–H groups in total. The molecule has 1 saturated carbocycles. The SMILES string of the molecule is CC[C@@H]1CCCCCCCC[C@@H]1O. The maximum atomic E-state index is 9.89. The average molecular weight is 184 g/mol. The van der Waals surface area contributed by atoms with Crippen molar-refractivity contribution in [2.24, 2.45) is 5.92 Å². The highest BCUT2D eigenvalue weighted by Gasteiger charge is 2.17. The summed E-state index contributed by atoms with van der Waals surface area (Å²) >= 11 is 0. The molecule has 1 heteroatoms. The summed E-state index contributed by atoms with van der Waals surface area (Å²) in [5.41, 5.74) is 0. The molecule has 0 amide bonds. The highest BCUT2D eigenvalue weighted by molar-refractivity contribution is 4.69. The molecule has 0 saturated heterocycles. The minimum absolute atomic E-state index is 0.0110. The van der Waals surface area contributed by atoms with Crippen LogP contribution in [0.5, 0.6) is 0 Å². The number of hydrogen-bond acceptors (Lipinski definition) is 1. The predicted molar refractivity (Wildman–Crippen MR) is 56.7 cm³/mol. The lowest BCUT2D eigenvalue weighted by Crippen LogP contribution is -2.20. The molecule has 0 radical (unpaired) electrons. The van der Waals surface area contributed by atoms with Gasteiger partial charge >= 0.3 is 0 Å². The Bertz CT molecular complexity index is 122. The Morgan fingerprint density at radius 3 is 2.08 bits per heavy atom. The third-order valence-electron chi connectivity index (χ3n) is 3.39. The van der Waals surface area contributed by atoms with Gasteiger partial charge in [0, 0.05) is 0 Å². The van der Waals surface area contributed by atoms with Crippen LogP contribution in [0.2, 0.25) is 0 Å². The van der Waals surface area contributed by atoms with E-state index in [1.807, 2.05) is 0 Å². The highest BCUT2D eigenvalue weighted by Crippen LogP contribution is 2.23. The van der Waals surface area contributed by atoms with Gasteiger partial charge in [-0.2, -0.15) is 0 Å². The topological polar surface area (TPSA) is 20.2 Å². The third-order valence-corrected chi connectivity index (χ3v) is 3.39. The number of rotatable bonds is 1. The summed E-state index contributed by atoms with van der Waals surface area (Å²) < 4.78 is 0. The Morgan fingerprint density at radius 2 is 1.46 bits per heavy atom. The van der Waals surface area contributed by atoms with E-state index < -0.39 is 0 Å². The second-order valence-corrected chi connectivity index (χ2v) is 4.43. The number of hydrogen-bond donors (Lipinski definition) is 1. The largest absolute Gasteiger partial charge is 0.393 e. The molecular weight excluding hydrogens is 160 g/mol. The Balaban J connectivity index is 2.32. The van der Waals surface area contributed by atoms with Crippen LogP contribution in [0.15, 0.2) is 0 Å². The van der Waals surface area contributed by atoms with Gasteiger partial charge in [0.05, 0.1) is 6.10 Å². The molecule has 13 heavy (non-hydrogen) atoms. The fraction of sp³-hybridized carbons (Fsp3) is 1.00. The van der Waals surface area contributed by atoms with Crippen molar-refractivity contribution in [1.82, 2.24) is 0 Å². The molecule has 0 aromatic carbocycles. The first kappa shape index (κ1) is 11.0. The van der Waals surface area contributed by atoms with E-state index in [-0.39, 0.29) is 6.10 Å². The van der Waals surface area contributed by atoms with Crippen LogP contribution in [0.25, 0.3) is 0 Å². The van der Waals surface area contributed by atoms with E-state index in [2.05, 4.69) is 6.92 Å². The van der Waals surface area contributed by atoms with Crippen LogP contribution in [0.4, 0.5) is 0 Å². The Morgan fingerprint density at radius 1 is 0.923 bits per heavy atom. The predicted octanol–water partition coefficient (Wildman–Crippen LogP) is 3.51. The van der Waals surface area contributed by atoms with Crippen molar-refractivity contribution in [3.05, 3.63) is 0 Å². The van der Waals surface area contributed by atoms with Gasteiger partial charge in [0.2, 0.25) is 0 Å². The Hall–Kier alpha value is -0.0400. The summed E-state index contributed by atoms with van der Waals surface area (Å²) in [6.07, 6.45) is 11.5. The van der Waals surface area contributed by atoms with Crippen molar-refractivity contribution in [2.75, 3.05) is 0 Å². The van der Waals surface area contributed by atoms with Crippen LogP contribution in [0, 0.1) is 5.92 Å². The normalized spacial score (nSPS) is 32.8. The minimum Gasteiger partial charge on any atom is -0.393 e. The average Bonchev–Trinajstić information content (AvgIpc) is 2.16. The highest BCUT2D eigenvalue weighted by atomic mass is 16.3. The van der Waals surface area contributed by atoms with Gasteiger partial charge in [-0.1, -0.05) is 51.9 Å². The second-order valence-electron chi connectivity index (χ2n) is 4.43. The van der Waals surface area contributed by atoms with E-state index in [1.165, 1.54) is 44.9 Å². The van der Waals surface area contributed by atoms with E-state index in [4.69, 9.17) is 0 Å². The first-order valence-corrected chi connectivity index (χ1v) is 6.02. The molecule has 0 spiro atoms. The van der Waals surface area contributed by atoms with Crippen LogP contribution >= 0.6 is 0 Å². The molecule has 0 aliphatic heterocycles. The lowest BCUT2D eigenvalue weighted by molar-refractivity contribution is 0.0856. The molecule has 0 aromatic heterocycles. The van der Waals surface area contributed by atoms with E-state index >= 15 is 0 Å². The first-order chi connectivity index (χ1) is 6.34. The lowest BCUT2D eigenvalue weighted by atomic mass is 9.88. The maximum Gasteiger partial charge on any atom is 0.0568 e. The van der Waals surface area contributed by atoms with Gasteiger partial charge in [-0.05, 0) is 18.8 Å². The molecule has 1 aliphatic rings. The Labute approximate surface area is 82.5 Å². The standard InChI is InChI=1S/C12H24O/c1-2-11-9-7-5-3-4-6-8-10-12(11)13/h11-13H,2-10H2,1H3/t11-,12+/m1/s1. The van der Waals surface area contributed by atoms with Crippen LogP contribution in [-0.2, 0) is 0 Å². The molecule has 1 rings (SSSR count). The van der Waals surface area contributed by atoms with Crippen LogP contribution in [0.1, 0.15) is 64.7 Å². The van der Waals surface area contributed by atoms with Gasteiger partial charge in [0.1, 0.15) is 0 Å². The summed E-state index contributed by atoms with van der Waals surface area (Å²) in [4.78, 5) is 0. The van der Waals surface area contributed by atoms with Crippen molar-refractivity contribution in [1.29, 1.82) is 0 Å². The molecule has 2 atom stereocenters. The Kier molecular flexibility index (Phi) is 5.45. The summed E-state index contributed by atoms with van der Waals surface area (Å²) in [7, 11) is 0. The molecule has 1 fully saturated rings. The minimum atomic E-state index is -0.0110. The zero-order valence-corrected chi connectivity index (χ0v) is 8.97. The molecule has 0 aromatic rings. The third kappa shape index (κ3) is 4.12. The summed E-state index contributed by atoms with van der Waals surface area (Å²) in [6.45, 7) is 2.21. The molecule has 0 bridgehead atoms. The summed E-state index contributed by atoms with van der Waals surface area (Å²) in [5.74, 6) is 0.582. The summed E-state index contributed by atoms with van der Waals surface area (Å²) in [6, 6.07) is 0. The molecular formula is C12H24O. The van der Waals surface area contributed by atoms with Gasteiger partial charge in [-0.25, -0.2) is 0 Å². The van der Waals surface area contributed by atoms with Crippen LogP contribution < -0.4 is 0 Å². The van der Waals surface area contributed by atoms with Crippen LogP contribution in [-0.4, -0.2) is 11.2 Å². The fourth-order valence-electron chi connectivity index (χ4n) is 2.37. The fourth-order valence-corrected chi connectivity index (χ4v) is 2.37. The van der Waals surface area contributed by atoms with E-state index in [9.17, 15) is 5.11 Å². The molecule has 1 aliphatic carbocycles. The van der Waals surface area contributed by atoms with Gasteiger partial charge in [0.25, 0.3) is 0 Å². The maximum absolute atomic E-state index is 9.89.